The summed E-state index contributed by atoms with van der Waals surface area (Å²) in [6, 6.07) is 4.84. The van der Waals surface area contributed by atoms with Gasteiger partial charge in [0.2, 0.25) is 0 Å². The number of alkyl halides is 1. The normalized spacial score (nSPS) is 10.4. The van der Waals surface area contributed by atoms with E-state index in [1.54, 1.807) is 23.1 Å². The highest BCUT2D eigenvalue weighted by atomic mass is 35.5. The minimum atomic E-state index is -0.0862. The number of hydrogen-bond donors (Lipinski definition) is 0. The van der Waals surface area contributed by atoms with Gasteiger partial charge in [0.25, 0.3) is 5.91 Å². The van der Waals surface area contributed by atoms with Crippen LogP contribution in [0.15, 0.2) is 18.2 Å². The second kappa shape index (κ2) is 7.10. The highest BCUT2D eigenvalue weighted by Gasteiger charge is 2.15. The first-order chi connectivity index (χ1) is 8.08. The Morgan fingerprint density at radius 3 is 2.24 bits per heavy atom. The van der Waals surface area contributed by atoms with Crippen molar-refractivity contribution in [3.63, 3.8) is 0 Å². The molecule has 0 saturated carbocycles. The molecule has 0 saturated heterocycles. The van der Waals surface area contributed by atoms with Gasteiger partial charge in [0.1, 0.15) is 0 Å². The summed E-state index contributed by atoms with van der Waals surface area (Å²) in [5.74, 6) is 0.331. The first-order valence-electron chi connectivity index (χ1n) is 5.39. The Balaban J connectivity index is 2.92. The van der Waals surface area contributed by atoms with Crippen molar-refractivity contribution in [2.24, 2.45) is 0 Å². The van der Waals surface area contributed by atoms with Gasteiger partial charge in [-0.25, -0.2) is 0 Å². The average Bonchev–Trinajstić information content (AvgIpc) is 2.26. The third-order valence-corrected chi connectivity index (χ3v) is 2.85. The SMILES string of the molecule is CCCN(CCCl)C(=O)c1cc(Cl)cc(Cl)c1. The Kier molecular flexibility index (Phi) is 6.10. The summed E-state index contributed by atoms with van der Waals surface area (Å²) in [6.07, 6.45) is 0.886. The predicted octanol–water partition coefficient (Wildman–Crippen LogP) is 4.08. The number of halogens is 3. The maximum Gasteiger partial charge on any atom is 0.253 e. The molecule has 17 heavy (non-hydrogen) atoms. The largest absolute Gasteiger partial charge is 0.337 e. The van der Waals surface area contributed by atoms with E-state index in [0.717, 1.165) is 6.42 Å². The van der Waals surface area contributed by atoms with Gasteiger partial charge in [-0.1, -0.05) is 30.1 Å². The molecule has 0 unspecified atom stereocenters. The Morgan fingerprint density at radius 1 is 1.18 bits per heavy atom. The second-order valence-electron chi connectivity index (χ2n) is 3.64. The van der Waals surface area contributed by atoms with Crippen molar-refractivity contribution in [3.8, 4) is 0 Å². The maximum absolute atomic E-state index is 12.2. The maximum atomic E-state index is 12.2. The number of hydrogen-bond acceptors (Lipinski definition) is 1. The summed E-state index contributed by atoms with van der Waals surface area (Å²) in [5, 5.41) is 0.923. The zero-order valence-electron chi connectivity index (χ0n) is 9.55. The number of rotatable bonds is 5. The highest BCUT2D eigenvalue weighted by molar-refractivity contribution is 6.35. The van der Waals surface area contributed by atoms with Crippen LogP contribution in [0.2, 0.25) is 10.0 Å². The van der Waals surface area contributed by atoms with Gasteiger partial charge in [-0.15, -0.1) is 11.6 Å². The van der Waals surface area contributed by atoms with Crippen molar-refractivity contribution < 1.29 is 4.79 Å². The van der Waals surface area contributed by atoms with Crippen molar-refractivity contribution in [2.75, 3.05) is 19.0 Å². The van der Waals surface area contributed by atoms with E-state index in [9.17, 15) is 4.79 Å². The molecule has 0 aromatic heterocycles. The van der Waals surface area contributed by atoms with E-state index >= 15 is 0 Å². The number of carbonyl (C=O) groups is 1. The lowest BCUT2D eigenvalue weighted by molar-refractivity contribution is 0.0765. The lowest BCUT2D eigenvalue weighted by Gasteiger charge is -2.21. The summed E-state index contributed by atoms with van der Waals surface area (Å²) < 4.78 is 0. The quantitative estimate of drug-likeness (QED) is 0.749. The molecule has 1 rings (SSSR count). The average molecular weight is 295 g/mol. The molecule has 0 spiro atoms. The molecule has 5 heteroatoms. The molecule has 0 N–H and O–H groups in total. The molecule has 94 valence electrons. The monoisotopic (exact) mass is 293 g/mol. The zero-order chi connectivity index (χ0) is 12.8. The molecule has 2 nitrogen and oxygen atoms in total. The van der Waals surface area contributed by atoms with Crippen molar-refractivity contribution >= 4 is 40.7 Å². The van der Waals surface area contributed by atoms with Crippen LogP contribution in [0.4, 0.5) is 0 Å². The molecule has 0 aliphatic heterocycles. The van der Waals surface area contributed by atoms with E-state index in [0.29, 0.717) is 34.6 Å². The first-order valence-corrected chi connectivity index (χ1v) is 6.69. The predicted molar refractivity (Wildman–Crippen MR) is 73.4 cm³/mol. The standard InChI is InChI=1S/C12H14Cl3NO/c1-2-4-16(5-3-13)12(17)9-6-10(14)8-11(15)7-9/h6-8H,2-5H2,1H3. The molecule has 0 aliphatic carbocycles. The van der Waals surface area contributed by atoms with Crippen molar-refractivity contribution in [3.05, 3.63) is 33.8 Å². The first kappa shape index (κ1) is 14.6. The van der Waals surface area contributed by atoms with Gasteiger partial charge < -0.3 is 4.90 Å². The van der Waals surface area contributed by atoms with E-state index in [2.05, 4.69) is 0 Å². The van der Waals surface area contributed by atoms with Gasteiger partial charge in [-0.2, -0.15) is 0 Å². The van der Waals surface area contributed by atoms with Gasteiger partial charge >= 0.3 is 0 Å². The Hall–Kier alpha value is -0.440. The van der Waals surface area contributed by atoms with Crippen molar-refractivity contribution in [1.29, 1.82) is 0 Å². The van der Waals surface area contributed by atoms with Crippen LogP contribution in [0.3, 0.4) is 0 Å². The second-order valence-corrected chi connectivity index (χ2v) is 4.89. The van der Waals surface area contributed by atoms with E-state index < -0.39 is 0 Å². The van der Waals surface area contributed by atoms with Gasteiger partial charge in [-0.3, -0.25) is 4.79 Å². The molecule has 0 heterocycles. The van der Waals surface area contributed by atoms with E-state index in [1.807, 2.05) is 6.92 Å². The van der Waals surface area contributed by atoms with E-state index in [1.165, 1.54) is 0 Å². The lowest BCUT2D eigenvalue weighted by Crippen LogP contribution is -2.33. The molecule has 1 aromatic carbocycles. The minimum absolute atomic E-state index is 0.0862. The van der Waals surface area contributed by atoms with Crippen molar-refractivity contribution in [1.82, 2.24) is 4.90 Å². The van der Waals surface area contributed by atoms with Gasteiger partial charge in [0.15, 0.2) is 0 Å². The number of amides is 1. The van der Waals surface area contributed by atoms with Gasteiger partial charge in [0.05, 0.1) is 0 Å². The third kappa shape index (κ3) is 4.38. The van der Waals surface area contributed by atoms with Crippen LogP contribution in [0, 0.1) is 0 Å². The molecule has 1 amide bonds. The molecule has 0 fully saturated rings. The number of nitrogens with zero attached hydrogens (tertiary/aromatic N) is 1. The summed E-state index contributed by atoms with van der Waals surface area (Å²) in [4.78, 5) is 13.9. The molecular formula is C12H14Cl3NO. The van der Waals surface area contributed by atoms with Crippen LogP contribution in [0.5, 0.6) is 0 Å². The lowest BCUT2D eigenvalue weighted by atomic mass is 10.2. The molecule has 0 aliphatic rings. The van der Waals surface area contributed by atoms with Gasteiger partial charge in [-0.05, 0) is 24.6 Å². The molecule has 0 bridgehead atoms. The Morgan fingerprint density at radius 2 is 1.76 bits per heavy atom. The fourth-order valence-electron chi connectivity index (χ4n) is 1.55. The number of carbonyl (C=O) groups excluding carboxylic acids is 1. The summed E-state index contributed by atoms with van der Waals surface area (Å²) in [5.41, 5.74) is 0.501. The summed E-state index contributed by atoms with van der Waals surface area (Å²) in [6.45, 7) is 3.22. The molecular weight excluding hydrogens is 280 g/mol. The summed E-state index contributed by atoms with van der Waals surface area (Å²) in [7, 11) is 0. The molecule has 1 aromatic rings. The van der Waals surface area contributed by atoms with Crippen LogP contribution >= 0.6 is 34.8 Å². The smallest absolute Gasteiger partial charge is 0.253 e. The van der Waals surface area contributed by atoms with Crippen LogP contribution in [0.25, 0.3) is 0 Å². The van der Waals surface area contributed by atoms with Crippen LogP contribution in [0.1, 0.15) is 23.7 Å². The zero-order valence-corrected chi connectivity index (χ0v) is 11.8. The van der Waals surface area contributed by atoms with Crippen LogP contribution in [-0.4, -0.2) is 29.8 Å². The van der Waals surface area contributed by atoms with E-state index in [-0.39, 0.29) is 5.91 Å². The fraction of sp³-hybridized carbons (Fsp3) is 0.417. The Bertz CT molecular complexity index is 369. The third-order valence-electron chi connectivity index (χ3n) is 2.24. The van der Waals surface area contributed by atoms with Crippen molar-refractivity contribution in [2.45, 2.75) is 13.3 Å². The minimum Gasteiger partial charge on any atom is -0.337 e. The topological polar surface area (TPSA) is 20.3 Å². The van der Waals surface area contributed by atoms with E-state index in [4.69, 9.17) is 34.8 Å². The fourth-order valence-corrected chi connectivity index (χ4v) is 2.28. The van der Waals surface area contributed by atoms with Crippen LogP contribution in [-0.2, 0) is 0 Å². The Labute approximate surface area is 116 Å². The van der Waals surface area contributed by atoms with Crippen LogP contribution < -0.4 is 0 Å². The van der Waals surface area contributed by atoms with Gasteiger partial charge in [0, 0.05) is 34.6 Å². The molecule has 0 radical (unpaired) electrons. The molecule has 0 atom stereocenters. The highest BCUT2D eigenvalue weighted by Crippen LogP contribution is 2.20. The summed E-state index contributed by atoms with van der Waals surface area (Å²) >= 11 is 17.4. The number of benzene rings is 1.